The molecule has 2 aromatic rings. The molecule has 1 aliphatic heterocycles. The van der Waals surface area contributed by atoms with Gasteiger partial charge in [0, 0.05) is 24.8 Å². The Kier molecular flexibility index (Phi) is 4.61. The molecule has 0 saturated heterocycles. The van der Waals surface area contributed by atoms with Gasteiger partial charge in [0.2, 0.25) is 0 Å². The second kappa shape index (κ2) is 6.70. The van der Waals surface area contributed by atoms with E-state index in [2.05, 4.69) is 9.89 Å². The van der Waals surface area contributed by atoms with Crippen molar-refractivity contribution >= 4 is 17.5 Å². The Bertz CT molecular complexity index is 838. The molecule has 6 heteroatoms. The second-order valence-electron chi connectivity index (χ2n) is 5.78. The number of aliphatic imine (C=N–C) groups is 1. The smallest absolute Gasteiger partial charge is 0.372 e. The molecule has 0 unspecified atom stereocenters. The molecule has 0 N–H and O–H groups in total. The molecule has 130 valence electrons. The van der Waals surface area contributed by atoms with E-state index >= 15 is 0 Å². The number of fused-ring (bicyclic) bond motifs is 1. The zero-order valence-electron chi connectivity index (χ0n) is 13.5. The fourth-order valence-corrected chi connectivity index (χ4v) is 2.73. The van der Waals surface area contributed by atoms with Crippen LogP contribution in [-0.4, -0.2) is 25.8 Å². The van der Waals surface area contributed by atoms with Crippen molar-refractivity contribution in [3.63, 3.8) is 0 Å². The summed E-state index contributed by atoms with van der Waals surface area (Å²) in [5, 5.41) is 0. The first kappa shape index (κ1) is 17.2. The summed E-state index contributed by atoms with van der Waals surface area (Å²) < 4.78 is 51.5. The van der Waals surface area contributed by atoms with Crippen LogP contribution in [0.3, 0.4) is 0 Å². The maximum Gasteiger partial charge on any atom is 0.419 e. The Hall–Kier alpha value is -2.63. The maximum absolute atomic E-state index is 13.7. The van der Waals surface area contributed by atoms with E-state index in [1.807, 2.05) is 31.3 Å². The number of halogens is 4. The van der Waals surface area contributed by atoms with Crippen molar-refractivity contribution in [3.05, 3.63) is 71.0 Å². The number of benzene rings is 2. The van der Waals surface area contributed by atoms with Crippen molar-refractivity contribution in [3.8, 4) is 0 Å². The minimum absolute atomic E-state index is 0.350. The monoisotopic (exact) mass is 348 g/mol. The van der Waals surface area contributed by atoms with E-state index in [9.17, 15) is 17.6 Å². The van der Waals surface area contributed by atoms with Crippen molar-refractivity contribution in [1.82, 2.24) is 0 Å². The fraction of sp³-hybridized carbons (Fsp3) is 0.211. The van der Waals surface area contributed by atoms with Gasteiger partial charge in [-0.2, -0.15) is 13.2 Å². The molecule has 2 nitrogen and oxygen atoms in total. The van der Waals surface area contributed by atoms with Gasteiger partial charge in [0.05, 0.1) is 17.8 Å². The van der Waals surface area contributed by atoms with Gasteiger partial charge in [-0.25, -0.2) is 4.39 Å². The average Bonchev–Trinajstić information content (AvgIpc) is 2.71. The molecule has 1 aliphatic rings. The molecule has 0 fully saturated rings. The molecule has 1 heterocycles. The largest absolute Gasteiger partial charge is 0.419 e. The van der Waals surface area contributed by atoms with E-state index in [0.717, 1.165) is 35.6 Å². The number of para-hydroxylation sites is 1. The Labute approximate surface area is 143 Å². The summed E-state index contributed by atoms with van der Waals surface area (Å²) in [6.45, 7) is 1.37. The minimum Gasteiger partial charge on any atom is -0.372 e. The average molecular weight is 348 g/mol. The molecule has 0 aliphatic carbocycles. The fourth-order valence-electron chi connectivity index (χ4n) is 2.73. The van der Waals surface area contributed by atoms with Gasteiger partial charge in [0.1, 0.15) is 5.82 Å². The number of alkyl halides is 3. The SMILES string of the molecule is CN1CCN=C(/C=C/c2ccc(C(F)(F)F)c(F)c2)c2ccccc21. The van der Waals surface area contributed by atoms with Gasteiger partial charge in [-0.15, -0.1) is 0 Å². The van der Waals surface area contributed by atoms with Crippen LogP contribution in [0.15, 0.2) is 53.5 Å². The lowest BCUT2D eigenvalue weighted by Crippen LogP contribution is -2.20. The van der Waals surface area contributed by atoms with Crippen LogP contribution in [0.4, 0.5) is 23.2 Å². The van der Waals surface area contributed by atoms with E-state index in [1.165, 1.54) is 6.07 Å². The highest BCUT2D eigenvalue weighted by Crippen LogP contribution is 2.31. The molecule has 3 rings (SSSR count). The number of hydrogen-bond acceptors (Lipinski definition) is 2. The summed E-state index contributed by atoms with van der Waals surface area (Å²) in [6, 6.07) is 10.7. The van der Waals surface area contributed by atoms with Crippen molar-refractivity contribution in [2.24, 2.45) is 4.99 Å². The van der Waals surface area contributed by atoms with Crippen molar-refractivity contribution in [2.45, 2.75) is 6.18 Å². The first-order chi connectivity index (χ1) is 11.9. The number of hydrogen-bond donors (Lipinski definition) is 0. The molecule has 0 aromatic heterocycles. The normalized spacial score (nSPS) is 15.1. The van der Waals surface area contributed by atoms with Crippen LogP contribution < -0.4 is 4.90 Å². The van der Waals surface area contributed by atoms with E-state index in [4.69, 9.17) is 0 Å². The molecule has 0 spiro atoms. The topological polar surface area (TPSA) is 15.6 Å². The number of likely N-dealkylation sites (N-methyl/N-ethyl adjacent to an activating group) is 1. The molecule has 2 aromatic carbocycles. The highest BCUT2D eigenvalue weighted by molar-refractivity contribution is 6.14. The van der Waals surface area contributed by atoms with Crippen molar-refractivity contribution in [2.75, 3.05) is 25.0 Å². The lowest BCUT2D eigenvalue weighted by molar-refractivity contribution is -0.140. The van der Waals surface area contributed by atoms with E-state index in [0.29, 0.717) is 12.1 Å². The highest BCUT2D eigenvalue weighted by Gasteiger charge is 2.33. The standard InChI is InChI=1S/C19H16F4N2/c1-25-11-10-24-17(14-4-2-3-5-18(14)25)9-7-13-6-8-15(16(20)12-13)19(21,22)23/h2-9,12H,10-11H2,1H3/b9-7+. The highest BCUT2D eigenvalue weighted by atomic mass is 19.4. The van der Waals surface area contributed by atoms with E-state index < -0.39 is 17.6 Å². The van der Waals surface area contributed by atoms with Gasteiger partial charge in [0.15, 0.2) is 0 Å². The molecule has 0 bridgehead atoms. The van der Waals surface area contributed by atoms with Gasteiger partial charge in [-0.05, 0) is 29.8 Å². The zero-order valence-corrected chi connectivity index (χ0v) is 13.5. The molecular weight excluding hydrogens is 332 g/mol. The Morgan fingerprint density at radius 1 is 1.08 bits per heavy atom. The third-order valence-electron chi connectivity index (χ3n) is 4.04. The number of benzodiazepines with no additional fused rings is 1. The lowest BCUT2D eigenvalue weighted by atomic mass is 10.0. The molecule has 0 saturated carbocycles. The quantitative estimate of drug-likeness (QED) is 0.712. The summed E-state index contributed by atoms with van der Waals surface area (Å²) in [5.74, 6) is -1.28. The lowest BCUT2D eigenvalue weighted by Gasteiger charge is -2.18. The maximum atomic E-state index is 13.7. The van der Waals surface area contributed by atoms with Crippen LogP contribution in [-0.2, 0) is 6.18 Å². The third-order valence-corrected chi connectivity index (χ3v) is 4.04. The summed E-state index contributed by atoms with van der Waals surface area (Å²) in [7, 11) is 1.98. The van der Waals surface area contributed by atoms with Crippen molar-refractivity contribution in [1.29, 1.82) is 0 Å². The Morgan fingerprint density at radius 3 is 2.56 bits per heavy atom. The van der Waals surface area contributed by atoms with Crippen LogP contribution in [0.2, 0.25) is 0 Å². The van der Waals surface area contributed by atoms with Crippen LogP contribution in [0, 0.1) is 5.82 Å². The molecular formula is C19H16F4N2. The van der Waals surface area contributed by atoms with Crippen LogP contribution in [0.1, 0.15) is 16.7 Å². The number of allylic oxidation sites excluding steroid dienone is 1. The first-order valence-corrected chi connectivity index (χ1v) is 7.76. The Morgan fingerprint density at radius 2 is 1.84 bits per heavy atom. The van der Waals surface area contributed by atoms with Gasteiger partial charge >= 0.3 is 6.18 Å². The summed E-state index contributed by atoms with van der Waals surface area (Å²) in [4.78, 5) is 6.62. The predicted molar refractivity (Wildman–Crippen MR) is 91.6 cm³/mol. The van der Waals surface area contributed by atoms with E-state index in [1.54, 1.807) is 12.2 Å². The number of anilines is 1. The number of rotatable bonds is 2. The Balaban J connectivity index is 1.91. The van der Waals surface area contributed by atoms with E-state index in [-0.39, 0.29) is 0 Å². The second-order valence-corrected chi connectivity index (χ2v) is 5.78. The third kappa shape index (κ3) is 3.73. The number of nitrogens with zero attached hydrogens (tertiary/aromatic N) is 2. The summed E-state index contributed by atoms with van der Waals surface area (Å²) >= 11 is 0. The summed E-state index contributed by atoms with van der Waals surface area (Å²) in [6.07, 6.45) is -1.41. The van der Waals surface area contributed by atoms with Gasteiger partial charge in [0.25, 0.3) is 0 Å². The molecule has 0 radical (unpaired) electrons. The van der Waals surface area contributed by atoms with Crippen LogP contribution in [0.5, 0.6) is 0 Å². The first-order valence-electron chi connectivity index (χ1n) is 7.76. The molecule has 25 heavy (non-hydrogen) atoms. The van der Waals surface area contributed by atoms with Crippen LogP contribution >= 0.6 is 0 Å². The summed E-state index contributed by atoms with van der Waals surface area (Å²) in [5.41, 5.74) is 1.78. The van der Waals surface area contributed by atoms with Crippen LogP contribution in [0.25, 0.3) is 6.08 Å². The minimum atomic E-state index is -4.69. The van der Waals surface area contributed by atoms with Gasteiger partial charge in [-0.1, -0.05) is 30.3 Å². The molecule has 0 amide bonds. The van der Waals surface area contributed by atoms with Gasteiger partial charge < -0.3 is 4.90 Å². The molecule has 0 atom stereocenters. The predicted octanol–water partition coefficient (Wildman–Crippen LogP) is 4.80. The van der Waals surface area contributed by atoms with Crippen molar-refractivity contribution < 1.29 is 17.6 Å². The van der Waals surface area contributed by atoms with Gasteiger partial charge in [-0.3, -0.25) is 4.99 Å². The zero-order chi connectivity index (χ0) is 18.0.